The zero-order valence-electron chi connectivity index (χ0n) is 7.87. The number of aryl methyl sites for hydroxylation is 1. The smallest absolute Gasteiger partial charge is 0.230 e. The molecule has 1 unspecified atom stereocenters. The number of nitrogens with one attached hydrogen (secondary N) is 1. The Morgan fingerprint density at radius 2 is 2.36 bits per heavy atom. The molecule has 4 nitrogen and oxygen atoms in total. The van der Waals surface area contributed by atoms with Crippen molar-refractivity contribution in [2.75, 3.05) is 0 Å². The van der Waals surface area contributed by atoms with E-state index in [2.05, 4.69) is 5.32 Å². The Labute approximate surface area is 81.3 Å². The average Bonchev–Trinajstić information content (AvgIpc) is 2.62. The Morgan fingerprint density at radius 1 is 1.57 bits per heavy atom. The summed E-state index contributed by atoms with van der Waals surface area (Å²) in [6, 6.07) is 1.85. The van der Waals surface area contributed by atoms with Gasteiger partial charge in [-0.15, -0.1) is 0 Å². The summed E-state index contributed by atoms with van der Waals surface area (Å²) in [6.07, 6.45) is 2.38. The van der Waals surface area contributed by atoms with Gasteiger partial charge in [-0.3, -0.25) is 14.9 Å². The van der Waals surface area contributed by atoms with Crippen LogP contribution < -0.4 is 5.32 Å². The zero-order chi connectivity index (χ0) is 10.1. The van der Waals surface area contributed by atoms with Gasteiger partial charge in [0.1, 0.15) is 5.76 Å². The Bertz CT molecular complexity index is 380. The van der Waals surface area contributed by atoms with Gasteiger partial charge in [-0.25, -0.2) is 0 Å². The van der Waals surface area contributed by atoms with E-state index in [0.717, 1.165) is 11.3 Å². The van der Waals surface area contributed by atoms with Crippen LogP contribution in [0.2, 0.25) is 0 Å². The van der Waals surface area contributed by atoms with Crippen molar-refractivity contribution in [3.05, 3.63) is 23.7 Å². The predicted molar refractivity (Wildman–Crippen MR) is 48.4 cm³/mol. The third-order valence-electron chi connectivity index (χ3n) is 2.47. The molecule has 1 saturated heterocycles. The van der Waals surface area contributed by atoms with E-state index in [4.69, 9.17) is 4.42 Å². The minimum Gasteiger partial charge on any atom is -0.469 e. The molecular weight excluding hydrogens is 182 g/mol. The molecule has 1 aromatic heterocycles. The number of furan rings is 1. The number of carbonyl (C=O) groups excluding carboxylic acids is 2. The average molecular weight is 193 g/mol. The van der Waals surface area contributed by atoms with Crippen LogP contribution in [0.5, 0.6) is 0 Å². The van der Waals surface area contributed by atoms with Crippen LogP contribution in [0, 0.1) is 12.8 Å². The first-order valence-electron chi connectivity index (χ1n) is 4.53. The number of hydrogen-bond acceptors (Lipinski definition) is 3. The molecule has 0 saturated carbocycles. The van der Waals surface area contributed by atoms with Crippen LogP contribution in [0.4, 0.5) is 0 Å². The van der Waals surface area contributed by atoms with Gasteiger partial charge in [0, 0.05) is 12.8 Å². The number of rotatable bonds is 2. The normalized spacial score (nSPS) is 21.4. The van der Waals surface area contributed by atoms with E-state index in [1.165, 1.54) is 0 Å². The maximum Gasteiger partial charge on any atom is 0.230 e. The lowest BCUT2D eigenvalue weighted by molar-refractivity contribution is -0.125. The molecule has 0 radical (unpaired) electrons. The summed E-state index contributed by atoms with van der Waals surface area (Å²) in [6.45, 7) is 1.92. The van der Waals surface area contributed by atoms with E-state index in [0.29, 0.717) is 6.42 Å². The molecule has 4 heteroatoms. The first kappa shape index (κ1) is 8.99. The third-order valence-corrected chi connectivity index (χ3v) is 2.47. The molecule has 74 valence electrons. The molecule has 1 N–H and O–H groups in total. The summed E-state index contributed by atoms with van der Waals surface area (Å²) in [4.78, 5) is 22.2. The van der Waals surface area contributed by atoms with Crippen LogP contribution in [-0.2, 0) is 16.0 Å². The number of amides is 2. The van der Waals surface area contributed by atoms with Crippen LogP contribution >= 0.6 is 0 Å². The molecular formula is C10H11NO3. The molecule has 0 spiro atoms. The van der Waals surface area contributed by atoms with E-state index < -0.39 is 0 Å². The van der Waals surface area contributed by atoms with Crippen molar-refractivity contribution in [3.63, 3.8) is 0 Å². The van der Waals surface area contributed by atoms with Gasteiger partial charge in [0.25, 0.3) is 0 Å². The predicted octanol–water partition coefficient (Wildman–Crippen LogP) is 0.793. The van der Waals surface area contributed by atoms with Crippen molar-refractivity contribution < 1.29 is 14.0 Å². The number of carbonyl (C=O) groups is 2. The lowest BCUT2D eigenvalue weighted by Gasteiger charge is -2.03. The maximum atomic E-state index is 11.2. The monoisotopic (exact) mass is 193 g/mol. The van der Waals surface area contributed by atoms with Crippen LogP contribution in [0.25, 0.3) is 0 Å². The van der Waals surface area contributed by atoms with Crippen LogP contribution in [0.15, 0.2) is 16.7 Å². The van der Waals surface area contributed by atoms with E-state index in [9.17, 15) is 9.59 Å². The summed E-state index contributed by atoms with van der Waals surface area (Å²) in [7, 11) is 0. The van der Waals surface area contributed by atoms with E-state index in [1.54, 1.807) is 6.26 Å². The van der Waals surface area contributed by atoms with Gasteiger partial charge in [0.15, 0.2) is 0 Å². The van der Waals surface area contributed by atoms with Crippen molar-refractivity contribution >= 4 is 11.8 Å². The molecule has 0 aromatic carbocycles. The molecule has 1 aliphatic rings. The SMILES string of the molecule is Cc1ccoc1CC1CC(=O)NC1=O. The van der Waals surface area contributed by atoms with Gasteiger partial charge in [-0.1, -0.05) is 0 Å². The van der Waals surface area contributed by atoms with Crippen molar-refractivity contribution in [1.29, 1.82) is 0 Å². The molecule has 2 rings (SSSR count). The molecule has 1 fully saturated rings. The highest BCUT2D eigenvalue weighted by Gasteiger charge is 2.31. The van der Waals surface area contributed by atoms with Crippen molar-refractivity contribution in [3.8, 4) is 0 Å². The molecule has 2 amide bonds. The van der Waals surface area contributed by atoms with Crippen LogP contribution in [0.1, 0.15) is 17.7 Å². The summed E-state index contributed by atoms with van der Waals surface area (Å²) >= 11 is 0. The minimum atomic E-state index is -0.257. The summed E-state index contributed by atoms with van der Waals surface area (Å²) in [5, 5.41) is 2.28. The topological polar surface area (TPSA) is 59.3 Å². The molecule has 1 aromatic rings. The molecule has 1 aliphatic heterocycles. The summed E-state index contributed by atoms with van der Waals surface area (Å²) in [5.41, 5.74) is 1.03. The van der Waals surface area contributed by atoms with Crippen molar-refractivity contribution in [2.45, 2.75) is 19.8 Å². The minimum absolute atomic E-state index is 0.189. The summed E-state index contributed by atoms with van der Waals surface area (Å²) < 4.78 is 5.22. The third kappa shape index (κ3) is 1.55. The van der Waals surface area contributed by atoms with Gasteiger partial charge in [-0.2, -0.15) is 0 Å². The lowest BCUT2D eigenvalue weighted by atomic mass is 10.0. The molecule has 14 heavy (non-hydrogen) atoms. The second kappa shape index (κ2) is 3.29. The van der Waals surface area contributed by atoms with Crippen LogP contribution in [0.3, 0.4) is 0 Å². The quantitative estimate of drug-likeness (QED) is 0.706. The Morgan fingerprint density at radius 3 is 2.86 bits per heavy atom. The number of imide groups is 1. The fourth-order valence-electron chi connectivity index (χ4n) is 1.61. The highest BCUT2D eigenvalue weighted by molar-refractivity contribution is 6.03. The first-order valence-corrected chi connectivity index (χ1v) is 4.53. The highest BCUT2D eigenvalue weighted by Crippen LogP contribution is 2.19. The van der Waals surface area contributed by atoms with Gasteiger partial charge in [-0.05, 0) is 18.6 Å². The van der Waals surface area contributed by atoms with Gasteiger partial charge in [0.2, 0.25) is 11.8 Å². The van der Waals surface area contributed by atoms with Crippen molar-refractivity contribution in [2.24, 2.45) is 5.92 Å². The maximum absolute atomic E-state index is 11.2. The zero-order valence-corrected chi connectivity index (χ0v) is 7.87. The fraction of sp³-hybridized carbons (Fsp3) is 0.400. The number of hydrogen-bond donors (Lipinski definition) is 1. The lowest BCUT2D eigenvalue weighted by Crippen LogP contribution is -2.22. The first-order chi connectivity index (χ1) is 6.66. The second-order valence-corrected chi connectivity index (χ2v) is 3.54. The molecule has 0 bridgehead atoms. The molecule has 0 aliphatic carbocycles. The van der Waals surface area contributed by atoms with Crippen molar-refractivity contribution in [1.82, 2.24) is 5.32 Å². The van der Waals surface area contributed by atoms with E-state index in [1.807, 2.05) is 13.0 Å². The van der Waals surface area contributed by atoms with Crippen LogP contribution in [-0.4, -0.2) is 11.8 Å². The van der Waals surface area contributed by atoms with Gasteiger partial charge in [0.05, 0.1) is 12.2 Å². The highest BCUT2D eigenvalue weighted by atomic mass is 16.3. The largest absolute Gasteiger partial charge is 0.469 e. The van der Waals surface area contributed by atoms with Gasteiger partial charge < -0.3 is 4.42 Å². The Kier molecular flexibility index (Phi) is 2.11. The molecule has 1 atom stereocenters. The summed E-state index contributed by atoms with van der Waals surface area (Å²) in [5.74, 6) is 0.155. The van der Waals surface area contributed by atoms with E-state index in [-0.39, 0.29) is 24.2 Å². The second-order valence-electron chi connectivity index (χ2n) is 3.54. The van der Waals surface area contributed by atoms with E-state index >= 15 is 0 Å². The Hall–Kier alpha value is -1.58. The fourth-order valence-corrected chi connectivity index (χ4v) is 1.61. The molecule has 2 heterocycles. The standard InChI is InChI=1S/C10H11NO3/c1-6-2-3-14-8(6)4-7-5-9(12)11-10(7)13/h2-3,7H,4-5H2,1H3,(H,11,12,13). The van der Waals surface area contributed by atoms with Gasteiger partial charge >= 0.3 is 0 Å². The Balaban J connectivity index is 2.09.